The fourth-order valence-electron chi connectivity index (χ4n) is 4.28. The Bertz CT molecular complexity index is 777. The maximum Gasteiger partial charge on any atom is 0.230 e. The van der Waals surface area contributed by atoms with Gasteiger partial charge in [-0.2, -0.15) is 0 Å². The van der Waals surface area contributed by atoms with Crippen molar-refractivity contribution in [1.82, 2.24) is 4.90 Å². The van der Waals surface area contributed by atoms with Crippen LogP contribution < -0.4 is 10.6 Å². The Labute approximate surface area is 179 Å². The van der Waals surface area contributed by atoms with E-state index < -0.39 is 0 Å². The number of fused-ring (bicyclic) bond motifs is 1. The van der Waals surface area contributed by atoms with Crippen LogP contribution in [0, 0.1) is 5.92 Å². The topological polar surface area (TPSA) is 49.6 Å². The summed E-state index contributed by atoms with van der Waals surface area (Å²) in [7, 11) is 0. The van der Waals surface area contributed by atoms with Gasteiger partial charge in [-0.15, -0.1) is 24.8 Å². The van der Waals surface area contributed by atoms with Crippen LogP contribution in [0.1, 0.15) is 30.4 Å². The molecule has 2 aliphatic rings. The molecule has 2 aromatic carbocycles. The molecule has 0 atom stereocenters. The van der Waals surface area contributed by atoms with Gasteiger partial charge in [-0.05, 0) is 62.0 Å². The first kappa shape index (κ1) is 22.5. The zero-order valence-corrected chi connectivity index (χ0v) is 17.7. The normalized spacial score (nSPS) is 17.2. The number of carbonyl (C=O) groups excluding carboxylic acids is 1. The molecule has 152 valence electrons. The Kier molecular flexibility index (Phi) is 8.17. The summed E-state index contributed by atoms with van der Waals surface area (Å²) in [5, 5.41) is 0. The first-order valence-corrected chi connectivity index (χ1v) is 9.67. The average Bonchev–Trinajstić information content (AvgIpc) is 2.69. The van der Waals surface area contributed by atoms with Crippen LogP contribution in [0.3, 0.4) is 0 Å². The fraction of sp³-hybridized carbons (Fsp3) is 0.409. The van der Waals surface area contributed by atoms with E-state index in [9.17, 15) is 4.79 Å². The maximum absolute atomic E-state index is 13.2. The van der Waals surface area contributed by atoms with Crippen LogP contribution in [0.25, 0.3) is 0 Å². The number of hydrogen-bond donors (Lipinski definition) is 1. The van der Waals surface area contributed by atoms with Gasteiger partial charge in [0.15, 0.2) is 0 Å². The van der Waals surface area contributed by atoms with Gasteiger partial charge in [0.05, 0.1) is 0 Å². The number of halogens is 2. The van der Waals surface area contributed by atoms with Crippen LogP contribution >= 0.6 is 24.8 Å². The van der Waals surface area contributed by atoms with Crippen molar-refractivity contribution in [2.24, 2.45) is 5.92 Å². The molecule has 4 nitrogen and oxygen atoms in total. The number of piperidine rings is 1. The van der Waals surface area contributed by atoms with Gasteiger partial charge >= 0.3 is 0 Å². The van der Waals surface area contributed by atoms with Crippen LogP contribution in [0.15, 0.2) is 48.5 Å². The van der Waals surface area contributed by atoms with Crippen molar-refractivity contribution in [3.05, 3.63) is 59.7 Å². The summed E-state index contributed by atoms with van der Waals surface area (Å²) < 4.78 is 0. The molecule has 2 heterocycles. The molecule has 1 saturated heterocycles. The Morgan fingerprint density at radius 1 is 0.964 bits per heavy atom. The standard InChI is InChI=1S/C22H27N3O.2ClH/c23-20-9-4-10-21-19(20)8-5-13-25(21)22(26)18-11-14-24(15-12-18)16-17-6-2-1-3-7-17;;/h1-4,6-7,9-10,18H,5,8,11-16,23H2;2*1H. The fourth-order valence-corrected chi connectivity index (χ4v) is 4.28. The van der Waals surface area contributed by atoms with Gasteiger partial charge in [-0.1, -0.05) is 36.4 Å². The van der Waals surface area contributed by atoms with Gasteiger partial charge in [0.1, 0.15) is 0 Å². The van der Waals surface area contributed by atoms with E-state index in [0.717, 1.165) is 68.8 Å². The molecule has 0 saturated carbocycles. The number of likely N-dealkylation sites (tertiary alicyclic amines) is 1. The highest BCUT2D eigenvalue weighted by Crippen LogP contribution is 2.33. The van der Waals surface area contributed by atoms with E-state index in [1.807, 2.05) is 23.1 Å². The van der Waals surface area contributed by atoms with E-state index in [-0.39, 0.29) is 36.6 Å². The highest BCUT2D eigenvalue weighted by molar-refractivity contribution is 5.97. The summed E-state index contributed by atoms with van der Waals surface area (Å²) in [6, 6.07) is 16.5. The molecule has 0 spiro atoms. The van der Waals surface area contributed by atoms with Crippen molar-refractivity contribution in [2.75, 3.05) is 30.3 Å². The van der Waals surface area contributed by atoms with Crippen molar-refractivity contribution in [1.29, 1.82) is 0 Å². The lowest BCUT2D eigenvalue weighted by Gasteiger charge is -2.36. The molecule has 2 aromatic rings. The molecule has 2 aliphatic heterocycles. The Morgan fingerprint density at radius 3 is 2.39 bits per heavy atom. The van der Waals surface area contributed by atoms with Crippen LogP contribution in [0.5, 0.6) is 0 Å². The smallest absolute Gasteiger partial charge is 0.230 e. The molecule has 0 aromatic heterocycles. The maximum atomic E-state index is 13.2. The van der Waals surface area contributed by atoms with E-state index >= 15 is 0 Å². The third-order valence-corrected chi connectivity index (χ3v) is 5.74. The Balaban J connectivity index is 0.00000140. The molecule has 4 rings (SSSR count). The number of rotatable bonds is 3. The number of hydrogen-bond acceptors (Lipinski definition) is 3. The summed E-state index contributed by atoms with van der Waals surface area (Å²) in [4.78, 5) is 17.6. The molecule has 1 amide bonds. The highest BCUT2D eigenvalue weighted by atomic mass is 35.5. The molecule has 0 unspecified atom stereocenters. The molecule has 1 fully saturated rings. The number of nitrogens with zero attached hydrogens (tertiary/aromatic N) is 2. The molecular formula is C22H29Cl2N3O. The molecule has 0 aliphatic carbocycles. The summed E-state index contributed by atoms with van der Waals surface area (Å²) in [5.41, 5.74) is 10.5. The molecule has 28 heavy (non-hydrogen) atoms. The van der Waals surface area contributed by atoms with Crippen molar-refractivity contribution >= 4 is 42.1 Å². The summed E-state index contributed by atoms with van der Waals surface area (Å²) >= 11 is 0. The minimum Gasteiger partial charge on any atom is -0.398 e. The van der Waals surface area contributed by atoms with Gasteiger partial charge in [-0.3, -0.25) is 9.69 Å². The van der Waals surface area contributed by atoms with Crippen molar-refractivity contribution in [3.63, 3.8) is 0 Å². The minimum atomic E-state index is 0. The molecule has 6 heteroatoms. The molecule has 2 N–H and O–H groups in total. The first-order chi connectivity index (χ1) is 12.7. The lowest BCUT2D eigenvalue weighted by molar-refractivity contribution is -0.123. The van der Waals surface area contributed by atoms with Crippen LogP contribution in [0.4, 0.5) is 11.4 Å². The van der Waals surface area contributed by atoms with Gasteiger partial charge in [0.2, 0.25) is 5.91 Å². The lowest BCUT2D eigenvalue weighted by Crippen LogP contribution is -2.44. The number of amides is 1. The average molecular weight is 422 g/mol. The van der Waals surface area contributed by atoms with Crippen molar-refractivity contribution in [2.45, 2.75) is 32.2 Å². The summed E-state index contributed by atoms with van der Waals surface area (Å²) in [5.74, 6) is 0.422. The third-order valence-electron chi connectivity index (χ3n) is 5.74. The van der Waals surface area contributed by atoms with Crippen LogP contribution in [0.2, 0.25) is 0 Å². The second-order valence-electron chi connectivity index (χ2n) is 7.47. The highest BCUT2D eigenvalue weighted by Gasteiger charge is 2.31. The molecule has 0 bridgehead atoms. The third kappa shape index (κ3) is 4.80. The van der Waals surface area contributed by atoms with E-state index in [1.165, 1.54) is 5.56 Å². The van der Waals surface area contributed by atoms with Gasteiger partial charge < -0.3 is 10.6 Å². The second-order valence-corrected chi connectivity index (χ2v) is 7.47. The largest absolute Gasteiger partial charge is 0.398 e. The number of carbonyl (C=O) groups is 1. The summed E-state index contributed by atoms with van der Waals surface area (Å²) in [6.07, 6.45) is 3.86. The Hall–Kier alpha value is -1.75. The monoisotopic (exact) mass is 421 g/mol. The van der Waals surface area contributed by atoms with Crippen molar-refractivity contribution < 1.29 is 4.79 Å². The van der Waals surface area contributed by atoms with Crippen molar-refractivity contribution in [3.8, 4) is 0 Å². The second kappa shape index (κ2) is 10.1. The van der Waals surface area contributed by atoms with Crippen LogP contribution in [-0.2, 0) is 17.8 Å². The Morgan fingerprint density at radius 2 is 1.68 bits per heavy atom. The lowest BCUT2D eigenvalue weighted by atomic mass is 9.92. The summed E-state index contributed by atoms with van der Waals surface area (Å²) in [6.45, 7) is 3.77. The van der Waals surface area contributed by atoms with E-state index in [0.29, 0.717) is 0 Å². The first-order valence-electron chi connectivity index (χ1n) is 9.67. The number of anilines is 2. The zero-order chi connectivity index (χ0) is 17.9. The SMILES string of the molecule is Cl.Cl.Nc1cccc2c1CCCN2C(=O)C1CCN(Cc2ccccc2)CC1. The predicted octanol–water partition coefficient (Wildman–Crippen LogP) is 4.30. The van der Waals surface area contributed by atoms with Gasteiger partial charge in [0, 0.05) is 30.4 Å². The predicted molar refractivity (Wildman–Crippen MR) is 120 cm³/mol. The molecular weight excluding hydrogens is 393 g/mol. The van der Waals surface area contributed by atoms with Gasteiger partial charge in [-0.25, -0.2) is 0 Å². The zero-order valence-electron chi connectivity index (χ0n) is 16.0. The minimum absolute atomic E-state index is 0. The van der Waals surface area contributed by atoms with E-state index in [2.05, 4.69) is 35.2 Å². The number of nitrogens with two attached hydrogens (primary N) is 1. The quantitative estimate of drug-likeness (QED) is 0.751. The van der Waals surface area contributed by atoms with E-state index in [1.54, 1.807) is 0 Å². The number of benzene rings is 2. The number of nitrogen functional groups attached to an aromatic ring is 1. The molecule has 0 radical (unpaired) electrons. The van der Waals surface area contributed by atoms with Gasteiger partial charge in [0.25, 0.3) is 0 Å². The van der Waals surface area contributed by atoms with E-state index in [4.69, 9.17) is 5.73 Å². The van der Waals surface area contributed by atoms with Crippen LogP contribution in [-0.4, -0.2) is 30.4 Å².